The van der Waals surface area contributed by atoms with E-state index in [-0.39, 0.29) is 17.9 Å². The summed E-state index contributed by atoms with van der Waals surface area (Å²) in [7, 11) is 0. The Morgan fingerprint density at radius 2 is 1.20 bits per heavy atom. The minimum Gasteiger partial charge on any atom is -0.508 e. The first-order valence-corrected chi connectivity index (χ1v) is 25.1. The normalized spacial score (nSPS) is 11.3. The zero-order chi connectivity index (χ0) is 51.4. The summed E-state index contributed by atoms with van der Waals surface area (Å²) in [5.41, 5.74) is 4.72. The summed E-state index contributed by atoms with van der Waals surface area (Å²) in [5.74, 6) is 8.02. The summed E-state index contributed by atoms with van der Waals surface area (Å²) >= 11 is 0. The predicted molar refractivity (Wildman–Crippen MR) is 279 cm³/mol. The van der Waals surface area contributed by atoms with Gasteiger partial charge in [-0.05, 0) is 85.9 Å². The van der Waals surface area contributed by atoms with Gasteiger partial charge < -0.3 is 25.1 Å². The highest BCUT2D eigenvalue weighted by Crippen LogP contribution is 2.27. The monoisotopic (exact) mass is 924 g/mol. The molecule has 0 saturated heterocycles. The van der Waals surface area contributed by atoms with E-state index in [0.717, 1.165) is 60.7 Å². The van der Waals surface area contributed by atoms with Gasteiger partial charge in [-0.1, -0.05) is 170 Å². The number of nitrogens with one attached hydrogen (secondary N) is 3. The SMILES string of the molecule is CC(C)CNC(C)C.CC(C)Cc1ccc(O)c(C(C)C)c1.CC(C)Cc1cnc(C(C)C)[nH]1.CC(C)Cn1cc(C(C)C)nn1.CC(C)NC(=O)C(C)C.CC(C)c1nnc(C(C)C)o1. The Morgan fingerprint density at radius 1 is 0.652 bits per heavy atom. The molecule has 0 spiro atoms. The van der Waals surface area contributed by atoms with Crippen LogP contribution in [0.3, 0.4) is 0 Å². The molecule has 1 amide bonds. The van der Waals surface area contributed by atoms with Gasteiger partial charge in [0, 0.05) is 60.4 Å². The molecule has 4 rings (SSSR count). The van der Waals surface area contributed by atoms with Gasteiger partial charge in [-0.25, -0.2) is 4.98 Å². The van der Waals surface area contributed by atoms with Crippen LogP contribution in [-0.4, -0.2) is 64.8 Å². The standard InChI is InChI=1S/C13H20O.C10H18N2.C9H17N3.C8H14N2O.C7H15NO.C7H17N/c1-9(2)7-11-5-6-13(14)12(8-11)10(3)4;1-7(2)5-9-6-11-10(12-9)8(3)4;1-7(2)5-12-6-9(8(3)4)10-11-12;1-5(2)7-9-10-8(11-7)6(3)4;1-5(2)7(9)8-6(3)4;1-6(2)5-8-7(3)4/h5-6,8-10,14H,7H2,1-4H3;6-8H,5H2,1-4H3,(H,11,12);6-8H,5H2,1-4H3;5-6H,1-4H3;5-6H,1-4H3,(H,8,9);6-8H,5H2,1-4H3. The molecule has 0 radical (unpaired) electrons. The molecule has 1 aromatic carbocycles. The lowest BCUT2D eigenvalue weighted by Crippen LogP contribution is -2.33. The minimum absolute atomic E-state index is 0.104. The maximum atomic E-state index is 10.8. The molecule has 3 aromatic heterocycles. The number of phenolic OH excluding ortho intramolecular Hbond substituents is 1. The van der Waals surface area contributed by atoms with Crippen LogP contribution in [0.15, 0.2) is 35.0 Å². The van der Waals surface area contributed by atoms with Crippen molar-refractivity contribution in [1.29, 1.82) is 0 Å². The van der Waals surface area contributed by atoms with Crippen molar-refractivity contribution in [3.05, 3.63) is 70.7 Å². The van der Waals surface area contributed by atoms with E-state index in [0.29, 0.717) is 59.1 Å². The highest BCUT2D eigenvalue weighted by Gasteiger charge is 2.12. The number of nitrogens with zero attached hydrogens (tertiary/aromatic N) is 6. The fourth-order valence-electron chi connectivity index (χ4n) is 5.56. The van der Waals surface area contributed by atoms with Gasteiger partial charge in [-0.3, -0.25) is 9.48 Å². The predicted octanol–water partition coefficient (Wildman–Crippen LogP) is 13.6. The zero-order valence-corrected chi connectivity index (χ0v) is 46.6. The fraction of sp³-hybridized carbons (Fsp3) is 0.741. The number of phenols is 1. The third-order valence-corrected chi connectivity index (χ3v) is 9.21. The maximum absolute atomic E-state index is 10.8. The van der Waals surface area contributed by atoms with Crippen molar-refractivity contribution in [2.75, 3.05) is 6.54 Å². The van der Waals surface area contributed by atoms with Crippen molar-refractivity contribution in [1.82, 2.24) is 45.8 Å². The Hall–Kier alpha value is -4.06. The number of aromatic hydroxyl groups is 1. The average molecular weight is 924 g/mol. The van der Waals surface area contributed by atoms with E-state index in [1.165, 1.54) is 11.3 Å². The fourth-order valence-corrected chi connectivity index (χ4v) is 5.56. The Morgan fingerprint density at radius 3 is 1.52 bits per heavy atom. The van der Waals surface area contributed by atoms with Crippen LogP contribution in [0, 0.1) is 29.6 Å². The first-order chi connectivity index (χ1) is 30.5. The Bertz CT molecular complexity index is 1710. The number of amides is 1. The zero-order valence-electron chi connectivity index (χ0n) is 46.6. The Kier molecular flexibility index (Phi) is 33.2. The quantitative estimate of drug-likeness (QED) is 0.0858. The smallest absolute Gasteiger partial charge is 0.222 e. The average Bonchev–Trinajstić information content (AvgIpc) is 3.98. The van der Waals surface area contributed by atoms with Gasteiger partial charge in [-0.15, -0.1) is 15.3 Å². The number of rotatable bonds is 16. The van der Waals surface area contributed by atoms with Crippen LogP contribution in [-0.2, 0) is 24.2 Å². The van der Waals surface area contributed by atoms with Gasteiger partial charge in [0.15, 0.2) is 0 Å². The number of benzene rings is 1. The third-order valence-electron chi connectivity index (χ3n) is 9.21. The maximum Gasteiger partial charge on any atom is 0.222 e. The third kappa shape index (κ3) is 31.8. The molecule has 0 bridgehead atoms. The van der Waals surface area contributed by atoms with E-state index in [9.17, 15) is 9.90 Å². The van der Waals surface area contributed by atoms with E-state index in [1.807, 2.05) is 84.6 Å². The molecule has 0 fully saturated rings. The van der Waals surface area contributed by atoms with Crippen molar-refractivity contribution in [2.45, 2.75) is 227 Å². The number of aromatic nitrogens is 7. The molecule has 4 N–H and O–H groups in total. The highest BCUT2D eigenvalue weighted by atomic mass is 16.4. The van der Waals surface area contributed by atoms with Gasteiger partial charge in [-0.2, -0.15) is 0 Å². The molecule has 0 aliphatic rings. The molecule has 380 valence electrons. The van der Waals surface area contributed by atoms with E-state index < -0.39 is 0 Å². The van der Waals surface area contributed by atoms with Crippen LogP contribution in [0.2, 0.25) is 0 Å². The molecule has 0 unspecified atom stereocenters. The van der Waals surface area contributed by atoms with Gasteiger partial charge in [0.05, 0.1) is 5.69 Å². The van der Waals surface area contributed by atoms with Gasteiger partial charge in [0.25, 0.3) is 0 Å². The molecule has 12 heteroatoms. The summed E-state index contributed by atoms with van der Waals surface area (Å²) in [6.45, 7) is 52.7. The van der Waals surface area contributed by atoms with Crippen molar-refractivity contribution >= 4 is 5.91 Å². The molecule has 66 heavy (non-hydrogen) atoms. The van der Waals surface area contributed by atoms with Gasteiger partial charge >= 0.3 is 0 Å². The second-order valence-electron chi connectivity index (χ2n) is 21.7. The van der Waals surface area contributed by atoms with Crippen molar-refractivity contribution in [3.63, 3.8) is 0 Å². The van der Waals surface area contributed by atoms with Crippen LogP contribution < -0.4 is 10.6 Å². The van der Waals surface area contributed by atoms with E-state index in [4.69, 9.17) is 4.42 Å². The van der Waals surface area contributed by atoms with Crippen molar-refractivity contribution in [2.24, 2.45) is 29.6 Å². The van der Waals surface area contributed by atoms with E-state index >= 15 is 0 Å². The molecule has 3 heterocycles. The summed E-state index contributed by atoms with van der Waals surface area (Å²) in [6, 6.07) is 6.85. The molecule has 0 aliphatic carbocycles. The molecule has 0 atom stereocenters. The lowest BCUT2D eigenvalue weighted by Gasteiger charge is -2.11. The second-order valence-corrected chi connectivity index (χ2v) is 21.7. The number of imidazole rings is 1. The topological polar surface area (TPSA) is 160 Å². The lowest BCUT2D eigenvalue weighted by atomic mass is 9.96. The minimum atomic E-state index is 0.104. The van der Waals surface area contributed by atoms with Crippen LogP contribution in [0.25, 0.3) is 0 Å². The van der Waals surface area contributed by atoms with Crippen LogP contribution in [0.5, 0.6) is 5.75 Å². The Balaban J connectivity index is 0. The van der Waals surface area contributed by atoms with Crippen LogP contribution in [0.1, 0.15) is 236 Å². The molecule has 4 aromatic rings. The van der Waals surface area contributed by atoms with Gasteiger partial charge in [0.2, 0.25) is 17.7 Å². The molecular weight excluding hydrogens is 823 g/mol. The summed E-state index contributed by atoms with van der Waals surface area (Å²) in [6.07, 6.45) is 6.17. The molecule has 12 nitrogen and oxygen atoms in total. The largest absolute Gasteiger partial charge is 0.508 e. The van der Waals surface area contributed by atoms with E-state index in [2.05, 4.69) is 158 Å². The number of carbonyl (C=O) groups is 1. The van der Waals surface area contributed by atoms with E-state index in [1.54, 1.807) is 0 Å². The highest BCUT2D eigenvalue weighted by molar-refractivity contribution is 5.78. The van der Waals surface area contributed by atoms with Crippen LogP contribution >= 0.6 is 0 Å². The molecular formula is C54H101N9O3. The molecule has 0 aliphatic heterocycles. The number of carbonyl (C=O) groups excluding carboxylic acids is 1. The van der Waals surface area contributed by atoms with Crippen molar-refractivity contribution in [3.8, 4) is 5.75 Å². The number of H-pyrrole nitrogens is 1. The lowest BCUT2D eigenvalue weighted by molar-refractivity contribution is -0.124. The van der Waals surface area contributed by atoms with Crippen LogP contribution in [0.4, 0.5) is 0 Å². The van der Waals surface area contributed by atoms with Gasteiger partial charge in [0.1, 0.15) is 11.6 Å². The first-order valence-electron chi connectivity index (χ1n) is 25.1. The molecule has 0 saturated carbocycles. The van der Waals surface area contributed by atoms with Crippen molar-refractivity contribution < 1.29 is 14.3 Å². The first kappa shape index (κ1) is 64.0. The number of hydrogen-bond donors (Lipinski definition) is 4. The number of aromatic amines is 1. The second kappa shape index (κ2) is 34.3. The summed E-state index contributed by atoms with van der Waals surface area (Å²) < 4.78 is 7.30. The summed E-state index contributed by atoms with van der Waals surface area (Å²) in [5, 5.41) is 31.8. The number of hydrogen-bond acceptors (Lipinski definition) is 9. The Labute approximate surface area is 404 Å². The summed E-state index contributed by atoms with van der Waals surface area (Å²) in [4.78, 5) is 18.5.